The van der Waals surface area contributed by atoms with Crippen LogP contribution in [0.5, 0.6) is 0 Å². The van der Waals surface area contributed by atoms with Crippen molar-refractivity contribution in [2.75, 3.05) is 25.1 Å². The summed E-state index contributed by atoms with van der Waals surface area (Å²) in [6.45, 7) is 2.71. The third-order valence-corrected chi connectivity index (χ3v) is 6.83. The van der Waals surface area contributed by atoms with Crippen molar-refractivity contribution in [3.63, 3.8) is 0 Å². The molecule has 0 saturated heterocycles. The Morgan fingerprint density at radius 2 is 1.70 bits per heavy atom. The molecule has 146 valence electrons. The summed E-state index contributed by atoms with van der Waals surface area (Å²) in [5.74, 6) is 1.55. The average Bonchev–Trinajstić information content (AvgIpc) is 2.70. The van der Waals surface area contributed by atoms with Gasteiger partial charge in [0.25, 0.3) is 0 Å². The number of nitrogens with zero attached hydrogens (tertiary/aromatic N) is 1. The van der Waals surface area contributed by atoms with Gasteiger partial charge in [-0.25, -0.2) is 8.42 Å². The van der Waals surface area contributed by atoms with Crippen LogP contribution in [0.15, 0.2) is 75.4 Å². The van der Waals surface area contributed by atoms with Crippen molar-refractivity contribution in [3.8, 4) is 0 Å². The Labute approximate surface area is 166 Å². The van der Waals surface area contributed by atoms with Crippen LogP contribution in [-0.2, 0) is 9.84 Å². The molecule has 2 rings (SSSR count). The lowest BCUT2D eigenvalue weighted by Crippen LogP contribution is -2.46. The lowest BCUT2D eigenvalue weighted by Gasteiger charge is -2.20. The highest BCUT2D eigenvalue weighted by atomic mass is 32.2. The van der Waals surface area contributed by atoms with Crippen molar-refractivity contribution in [1.29, 1.82) is 0 Å². The highest BCUT2D eigenvalue weighted by Gasteiger charge is 2.20. The van der Waals surface area contributed by atoms with E-state index in [1.54, 1.807) is 43.1 Å². The highest BCUT2D eigenvalue weighted by Crippen LogP contribution is 2.16. The number of hydrogen-bond acceptors (Lipinski definition) is 4. The predicted molar refractivity (Wildman–Crippen MR) is 114 cm³/mol. The van der Waals surface area contributed by atoms with E-state index < -0.39 is 9.84 Å². The van der Waals surface area contributed by atoms with Crippen LogP contribution in [0.2, 0.25) is 0 Å². The molecule has 0 saturated carbocycles. The van der Waals surface area contributed by atoms with Crippen LogP contribution in [0.1, 0.15) is 13.3 Å². The maximum atomic E-state index is 12.6. The van der Waals surface area contributed by atoms with E-state index in [0.717, 1.165) is 12.3 Å². The van der Waals surface area contributed by atoms with Gasteiger partial charge in [-0.1, -0.05) is 43.3 Å². The number of hydrogen-bond donors (Lipinski definition) is 2. The first-order chi connectivity index (χ1) is 13.0. The number of benzene rings is 2. The zero-order chi connectivity index (χ0) is 19.5. The molecular formula is C20H27N3O2S2. The molecule has 0 bridgehead atoms. The molecule has 0 aromatic heterocycles. The van der Waals surface area contributed by atoms with E-state index in [9.17, 15) is 8.42 Å². The van der Waals surface area contributed by atoms with E-state index >= 15 is 0 Å². The van der Waals surface area contributed by atoms with Gasteiger partial charge in [-0.05, 0) is 30.7 Å². The second kappa shape index (κ2) is 11.0. The van der Waals surface area contributed by atoms with Gasteiger partial charge in [-0.3, -0.25) is 4.99 Å². The maximum Gasteiger partial charge on any atom is 0.191 e. The van der Waals surface area contributed by atoms with Crippen molar-refractivity contribution in [2.24, 2.45) is 4.99 Å². The smallest absolute Gasteiger partial charge is 0.191 e. The molecule has 5 nitrogen and oxygen atoms in total. The Kier molecular flexibility index (Phi) is 8.67. The largest absolute Gasteiger partial charge is 0.356 e. The topological polar surface area (TPSA) is 70.6 Å². The van der Waals surface area contributed by atoms with E-state index in [2.05, 4.69) is 27.8 Å². The van der Waals surface area contributed by atoms with Gasteiger partial charge in [0.05, 0.1) is 10.6 Å². The Hall–Kier alpha value is -1.99. The fraction of sp³-hybridized carbons (Fsp3) is 0.350. The Balaban J connectivity index is 1.84. The molecule has 0 radical (unpaired) electrons. The molecule has 2 aromatic rings. The van der Waals surface area contributed by atoms with Crippen molar-refractivity contribution in [1.82, 2.24) is 10.6 Å². The minimum absolute atomic E-state index is 0.0347. The van der Waals surface area contributed by atoms with Crippen LogP contribution < -0.4 is 10.6 Å². The van der Waals surface area contributed by atoms with Crippen molar-refractivity contribution >= 4 is 27.6 Å². The van der Waals surface area contributed by atoms with Gasteiger partial charge in [-0.2, -0.15) is 0 Å². The van der Waals surface area contributed by atoms with Crippen LogP contribution in [0.25, 0.3) is 0 Å². The first kappa shape index (κ1) is 21.3. The van der Waals surface area contributed by atoms with Crippen molar-refractivity contribution in [3.05, 3.63) is 60.7 Å². The summed E-state index contributed by atoms with van der Waals surface area (Å²) in [5.41, 5.74) is 0. The molecule has 27 heavy (non-hydrogen) atoms. The second-order valence-electron chi connectivity index (χ2n) is 6.00. The Bertz CT molecular complexity index is 810. The minimum Gasteiger partial charge on any atom is -0.356 e. The molecule has 0 aliphatic rings. The summed E-state index contributed by atoms with van der Waals surface area (Å²) < 4.78 is 25.2. The summed E-state index contributed by atoms with van der Waals surface area (Å²) in [5, 5.41) is 6.48. The van der Waals surface area contributed by atoms with Crippen LogP contribution in [0.3, 0.4) is 0 Å². The first-order valence-electron chi connectivity index (χ1n) is 8.98. The molecule has 2 aromatic carbocycles. The van der Waals surface area contributed by atoms with Gasteiger partial charge < -0.3 is 10.6 Å². The summed E-state index contributed by atoms with van der Waals surface area (Å²) in [4.78, 5) is 5.79. The highest BCUT2D eigenvalue weighted by molar-refractivity contribution is 7.99. The summed E-state index contributed by atoms with van der Waals surface area (Å²) in [7, 11) is -1.64. The summed E-state index contributed by atoms with van der Waals surface area (Å²) in [6, 6.07) is 18.6. The molecule has 0 heterocycles. The van der Waals surface area contributed by atoms with Gasteiger partial charge in [0.2, 0.25) is 0 Å². The molecule has 1 unspecified atom stereocenters. The zero-order valence-electron chi connectivity index (χ0n) is 15.8. The summed E-state index contributed by atoms with van der Waals surface area (Å²) >= 11 is 1.76. The predicted octanol–water partition coefficient (Wildman–Crippen LogP) is 3.20. The lowest BCUT2D eigenvalue weighted by molar-refractivity contribution is 0.569. The van der Waals surface area contributed by atoms with Gasteiger partial charge in [0.15, 0.2) is 15.8 Å². The minimum atomic E-state index is -3.34. The fourth-order valence-corrected chi connectivity index (χ4v) is 4.90. The monoisotopic (exact) mass is 405 g/mol. The number of aliphatic imine (C=N–C) groups is 1. The van der Waals surface area contributed by atoms with Gasteiger partial charge in [0, 0.05) is 30.3 Å². The van der Waals surface area contributed by atoms with Gasteiger partial charge in [-0.15, -0.1) is 11.8 Å². The number of sulfone groups is 1. The SMILES string of the molecule is CCC(CS(=O)(=O)c1ccccc1)NC(=NC)NCCSc1ccccc1. The molecule has 2 N–H and O–H groups in total. The molecule has 0 spiro atoms. The molecule has 0 aliphatic heterocycles. The van der Waals surface area contributed by atoms with E-state index in [0.29, 0.717) is 17.3 Å². The van der Waals surface area contributed by atoms with Crippen LogP contribution in [-0.4, -0.2) is 45.5 Å². The van der Waals surface area contributed by atoms with Crippen molar-refractivity contribution in [2.45, 2.75) is 29.2 Å². The summed E-state index contributed by atoms with van der Waals surface area (Å²) in [6.07, 6.45) is 0.686. The van der Waals surface area contributed by atoms with Crippen LogP contribution >= 0.6 is 11.8 Å². The molecule has 0 amide bonds. The van der Waals surface area contributed by atoms with Crippen LogP contribution in [0.4, 0.5) is 0 Å². The van der Waals surface area contributed by atoms with Gasteiger partial charge in [0.1, 0.15) is 0 Å². The zero-order valence-corrected chi connectivity index (χ0v) is 17.4. The third-order valence-electron chi connectivity index (χ3n) is 3.99. The number of guanidine groups is 1. The normalized spacial score (nSPS) is 13.2. The second-order valence-corrected chi connectivity index (χ2v) is 9.21. The quantitative estimate of drug-likeness (QED) is 0.290. The average molecular weight is 406 g/mol. The Morgan fingerprint density at radius 1 is 1.07 bits per heavy atom. The first-order valence-corrected chi connectivity index (χ1v) is 11.6. The Morgan fingerprint density at radius 3 is 2.30 bits per heavy atom. The van der Waals surface area contributed by atoms with E-state index in [1.165, 1.54) is 4.90 Å². The van der Waals surface area contributed by atoms with E-state index in [4.69, 9.17) is 0 Å². The molecule has 7 heteroatoms. The number of rotatable bonds is 9. The third kappa shape index (κ3) is 7.27. The maximum absolute atomic E-state index is 12.6. The fourth-order valence-electron chi connectivity index (χ4n) is 2.49. The number of thioether (sulfide) groups is 1. The lowest BCUT2D eigenvalue weighted by atomic mass is 10.3. The van der Waals surface area contributed by atoms with E-state index in [-0.39, 0.29) is 11.8 Å². The molecule has 0 fully saturated rings. The van der Waals surface area contributed by atoms with Crippen LogP contribution in [0, 0.1) is 0 Å². The van der Waals surface area contributed by atoms with E-state index in [1.807, 2.05) is 31.2 Å². The molecule has 0 aliphatic carbocycles. The standard InChI is InChI=1S/C20H27N3O2S2/c1-3-17(16-27(24,25)19-12-8-5-9-13-19)23-20(21-2)22-14-15-26-18-10-6-4-7-11-18/h4-13,17H,3,14-16H2,1-2H3,(H2,21,22,23). The number of nitrogens with one attached hydrogen (secondary N) is 2. The molecular weight excluding hydrogens is 378 g/mol. The van der Waals surface area contributed by atoms with Crippen molar-refractivity contribution < 1.29 is 8.42 Å². The molecule has 1 atom stereocenters. The van der Waals surface area contributed by atoms with Gasteiger partial charge >= 0.3 is 0 Å².